The molecular formula is C21H24Cl2N2O5S. The SMILES string of the molecule is CC(C)NS(=O)(=O)c1ccc(Cl)c(C(=O)Nc2cc(Cl)ccc2OCC2CCCO2)c1. The van der Waals surface area contributed by atoms with Gasteiger partial charge in [0.05, 0.1) is 27.3 Å². The molecule has 1 fully saturated rings. The topological polar surface area (TPSA) is 93.7 Å². The molecule has 0 radical (unpaired) electrons. The van der Waals surface area contributed by atoms with Crippen molar-refractivity contribution >= 4 is 44.8 Å². The lowest BCUT2D eigenvalue weighted by atomic mass is 10.2. The molecule has 2 aromatic rings. The lowest BCUT2D eigenvalue weighted by Gasteiger charge is -2.16. The maximum Gasteiger partial charge on any atom is 0.257 e. The zero-order chi connectivity index (χ0) is 22.6. The minimum atomic E-state index is -3.79. The van der Waals surface area contributed by atoms with E-state index in [0.29, 0.717) is 29.7 Å². The van der Waals surface area contributed by atoms with Gasteiger partial charge in [0.25, 0.3) is 5.91 Å². The Morgan fingerprint density at radius 3 is 2.68 bits per heavy atom. The standard InChI is InChI=1S/C21H24Cl2N2O5S/c1-13(2)25-31(27,28)16-6-7-18(23)17(11-16)21(26)24-19-10-14(22)5-8-20(19)30-12-15-4-3-9-29-15/h5-8,10-11,13,15,25H,3-4,9,12H2,1-2H3,(H,24,26). The predicted molar refractivity (Wildman–Crippen MR) is 121 cm³/mol. The molecule has 0 bridgehead atoms. The molecule has 2 N–H and O–H groups in total. The summed E-state index contributed by atoms with van der Waals surface area (Å²) in [6.45, 7) is 4.47. The Morgan fingerprint density at radius 1 is 1.23 bits per heavy atom. The Hall–Kier alpha value is -1.84. The third-order valence-electron chi connectivity index (χ3n) is 4.52. The van der Waals surface area contributed by atoms with Crippen molar-refractivity contribution in [3.05, 3.63) is 52.0 Å². The van der Waals surface area contributed by atoms with Gasteiger partial charge in [-0.1, -0.05) is 23.2 Å². The number of amides is 1. The maximum absolute atomic E-state index is 12.9. The normalized spacial score (nSPS) is 16.5. The first-order chi connectivity index (χ1) is 14.7. The van der Waals surface area contributed by atoms with Crippen LogP contribution in [0.4, 0.5) is 5.69 Å². The number of carbonyl (C=O) groups excluding carboxylic acids is 1. The van der Waals surface area contributed by atoms with Crippen molar-refractivity contribution in [1.29, 1.82) is 0 Å². The van der Waals surface area contributed by atoms with Crippen LogP contribution >= 0.6 is 23.2 Å². The molecule has 0 spiro atoms. The smallest absolute Gasteiger partial charge is 0.257 e. The average molecular weight is 487 g/mol. The van der Waals surface area contributed by atoms with Crippen LogP contribution in [0.3, 0.4) is 0 Å². The molecule has 0 aliphatic carbocycles. The Balaban J connectivity index is 1.82. The van der Waals surface area contributed by atoms with Crippen molar-refractivity contribution in [3.63, 3.8) is 0 Å². The fraction of sp³-hybridized carbons (Fsp3) is 0.381. The van der Waals surface area contributed by atoms with E-state index >= 15 is 0 Å². The number of ether oxygens (including phenoxy) is 2. The van der Waals surface area contributed by atoms with Gasteiger partial charge >= 0.3 is 0 Å². The van der Waals surface area contributed by atoms with Crippen molar-refractivity contribution in [1.82, 2.24) is 4.72 Å². The summed E-state index contributed by atoms with van der Waals surface area (Å²) in [5.74, 6) is -0.162. The summed E-state index contributed by atoms with van der Waals surface area (Å²) in [5, 5.41) is 3.24. The van der Waals surface area contributed by atoms with Crippen LogP contribution in [0.25, 0.3) is 0 Å². The van der Waals surface area contributed by atoms with Gasteiger partial charge in [-0.2, -0.15) is 0 Å². The third kappa shape index (κ3) is 6.33. The van der Waals surface area contributed by atoms with Crippen LogP contribution in [-0.2, 0) is 14.8 Å². The number of rotatable bonds is 8. The highest BCUT2D eigenvalue weighted by Crippen LogP contribution is 2.30. The highest BCUT2D eigenvalue weighted by atomic mass is 35.5. The van der Waals surface area contributed by atoms with Gasteiger partial charge in [0.2, 0.25) is 10.0 Å². The monoisotopic (exact) mass is 486 g/mol. The van der Waals surface area contributed by atoms with Gasteiger partial charge in [-0.15, -0.1) is 0 Å². The molecule has 1 saturated heterocycles. The highest BCUT2D eigenvalue weighted by Gasteiger charge is 2.21. The number of sulfonamides is 1. The summed E-state index contributed by atoms with van der Waals surface area (Å²) >= 11 is 12.3. The van der Waals surface area contributed by atoms with E-state index in [4.69, 9.17) is 32.7 Å². The fourth-order valence-corrected chi connectivity index (χ4v) is 4.75. The van der Waals surface area contributed by atoms with E-state index in [1.807, 2.05) is 0 Å². The van der Waals surface area contributed by atoms with E-state index in [0.717, 1.165) is 12.8 Å². The Labute approximate surface area is 192 Å². The van der Waals surface area contributed by atoms with Gasteiger partial charge in [-0.25, -0.2) is 13.1 Å². The molecule has 1 unspecified atom stereocenters. The number of nitrogens with one attached hydrogen (secondary N) is 2. The molecule has 3 rings (SSSR count). The first kappa shape index (κ1) is 23.8. The Bertz CT molecular complexity index is 1050. The molecule has 0 aromatic heterocycles. The molecule has 10 heteroatoms. The molecule has 1 aliphatic rings. The molecule has 1 atom stereocenters. The first-order valence-electron chi connectivity index (χ1n) is 9.83. The third-order valence-corrected chi connectivity index (χ3v) is 6.74. The van der Waals surface area contributed by atoms with Crippen LogP contribution in [0, 0.1) is 0 Å². The highest BCUT2D eigenvalue weighted by molar-refractivity contribution is 7.89. The van der Waals surface area contributed by atoms with Crippen molar-refractivity contribution in [2.24, 2.45) is 0 Å². The van der Waals surface area contributed by atoms with E-state index in [1.54, 1.807) is 32.0 Å². The molecule has 2 aromatic carbocycles. The lowest BCUT2D eigenvalue weighted by Crippen LogP contribution is -2.30. The van der Waals surface area contributed by atoms with Crippen molar-refractivity contribution in [2.75, 3.05) is 18.5 Å². The van der Waals surface area contributed by atoms with E-state index in [2.05, 4.69) is 10.0 Å². The van der Waals surface area contributed by atoms with E-state index in [9.17, 15) is 13.2 Å². The molecule has 168 valence electrons. The van der Waals surface area contributed by atoms with Gasteiger partial charge in [0, 0.05) is 17.7 Å². The number of benzene rings is 2. The van der Waals surface area contributed by atoms with Gasteiger partial charge in [-0.05, 0) is 63.1 Å². The Morgan fingerprint density at radius 2 is 2.00 bits per heavy atom. The van der Waals surface area contributed by atoms with Crippen LogP contribution in [0.1, 0.15) is 37.0 Å². The predicted octanol–water partition coefficient (Wildman–Crippen LogP) is 4.49. The van der Waals surface area contributed by atoms with E-state index < -0.39 is 15.9 Å². The summed E-state index contributed by atoms with van der Waals surface area (Å²) in [4.78, 5) is 12.9. The summed E-state index contributed by atoms with van der Waals surface area (Å²) < 4.78 is 38.8. The zero-order valence-corrected chi connectivity index (χ0v) is 19.5. The fourth-order valence-electron chi connectivity index (χ4n) is 3.10. The molecule has 1 aliphatic heterocycles. The van der Waals surface area contributed by atoms with Crippen LogP contribution in [0.2, 0.25) is 10.0 Å². The number of hydrogen-bond acceptors (Lipinski definition) is 5. The number of anilines is 1. The molecule has 7 nitrogen and oxygen atoms in total. The second-order valence-corrected chi connectivity index (χ2v) is 10.0. The summed E-state index contributed by atoms with van der Waals surface area (Å²) in [6, 6.07) is 8.52. The number of hydrogen-bond donors (Lipinski definition) is 2. The molecule has 31 heavy (non-hydrogen) atoms. The number of carbonyl (C=O) groups is 1. The maximum atomic E-state index is 12.9. The number of halogens is 2. The van der Waals surface area contributed by atoms with E-state index in [-0.39, 0.29) is 27.6 Å². The summed E-state index contributed by atoms with van der Waals surface area (Å²) in [5.41, 5.74) is 0.360. The second kappa shape index (κ2) is 10.2. The van der Waals surface area contributed by atoms with Crippen molar-refractivity contribution < 1.29 is 22.7 Å². The quantitative estimate of drug-likeness (QED) is 0.573. The summed E-state index contributed by atoms with van der Waals surface area (Å²) in [7, 11) is -3.79. The zero-order valence-electron chi connectivity index (χ0n) is 17.2. The first-order valence-corrected chi connectivity index (χ1v) is 12.1. The largest absolute Gasteiger partial charge is 0.489 e. The Kier molecular flexibility index (Phi) is 7.82. The van der Waals surface area contributed by atoms with E-state index in [1.165, 1.54) is 18.2 Å². The van der Waals surface area contributed by atoms with Gasteiger partial charge < -0.3 is 14.8 Å². The van der Waals surface area contributed by atoms with Gasteiger partial charge in [0.15, 0.2) is 0 Å². The van der Waals surface area contributed by atoms with Crippen LogP contribution in [-0.4, -0.2) is 39.7 Å². The van der Waals surface area contributed by atoms with Gasteiger partial charge in [0.1, 0.15) is 12.4 Å². The molecule has 1 heterocycles. The van der Waals surface area contributed by atoms with Crippen LogP contribution < -0.4 is 14.8 Å². The lowest BCUT2D eigenvalue weighted by molar-refractivity contribution is 0.0682. The molecular weight excluding hydrogens is 463 g/mol. The van der Waals surface area contributed by atoms with Crippen molar-refractivity contribution in [2.45, 2.75) is 43.7 Å². The molecule has 1 amide bonds. The van der Waals surface area contributed by atoms with Gasteiger partial charge in [-0.3, -0.25) is 4.79 Å². The summed E-state index contributed by atoms with van der Waals surface area (Å²) in [6.07, 6.45) is 1.90. The average Bonchev–Trinajstić information content (AvgIpc) is 3.20. The minimum Gasteiger partial charge on any atom is -0.489 e. The second-order valence-electron chi connectivity index (χ2n) is 7.46. The van der Waals surface area contributed by atoms with Crippen LogP contribution in [0.5, 0.6) is 5.75 Å². The van der Waals surface area contributed by atoms with Crippen molar-refractivity contribution in [3.8, 4) is 5.75 Å². The van der Waals surface area contributed by atoms with Crippen LogP contribution in [0.15, 0.2) is 41.3 Å². The minimum absolute atomic E-state index is 0.00372. The molecule has 0 saturated carbocycles.